The van der Waals surface area contributed by atoms with Gasteiger partial charge in [-0.3, -0.25) is 0 Å². The van der Waals surface area contributed by atoms with Gasteiger partial charge in [0.15, 0.2) is 0 Å². The van der Waals surface area contributed by atoms with Crippen LogP contribution in [-0.2, 0) is 0 Å². The van der Waals surface area contributed by atoms with Crippen molar-refractivity contribution >= 4 is 16.7 Å². The van der Waals surface area contributed by atoms with Crippen LogP contribution in [0, 0.1) is 29.1 Å². The highest BCUT2D eigenvalue weighted by atomic mass is 15.0. The highest BCUT2D eigenvalue weighted by Crippen LogP contribution is 2.48. The molecule has 0 spiro atoms. The van der Waals surface area contributed by atoms with Crippen molar-refractivity contribution in [1.82, 2.24) is 4.98 Å². The van der Waals surface area contributed by atoms with Gasteiger partial charge in [0.2, 0.25) is 0 Å². The Bertz CT molecular complexity index is 716. The van der Waals surface area contributed by atoms with Crippen molar-refractivity contribution in [2.24, 2.45) is 17.8 Å². The van der Waals surface area contributed by atoms with Crippen LogP contribution in [0.3, 0.4) is 0 Å². The Balaban J connectivity index is 1.55. The Kier molecular flexibility index (Phi) is 3.03. The fourth-order valence-corrected chi connectivity index (χ4v) is 4.22. The van der Waals surface area contributed by atoms with Crippen LogP contribution < -0.4 is 5.32 Å². The second-order valence-electron chi connectivity index (χ2n) is 6.50. The van der Waals surface area contributed by atoms with E-state index < -0.39 is 0 Å². The lowest BCUT2D eigenvalue weighted by atomic mass is 9.89. The van der Waals surface area contributed by atoms with E-state index in [1.165, 1.54) is 25.7 Å². The molecule has 2 aromatic rings. The number of hydrogen-bond donors (Lipinski definition) is 1. The quantitative estimate of drug-likeness (QED) is 0.924. The first-order valence-corrected chi connectivity index (χ1v) is 7.87. The van der Waals surface area contributed by atoms with Gasteiger partial charge in [-0.15, -0.1) is 0 Å². The zero-order valence-corrected chi connectivity index (χ0v) is 12.0. The molecule has 21 heavy (non-hydrogen) atoms. The van der Waals surface area contributed by atoms with Crippen molar-refractivity contribution in [3.63, 3.8) is 0 Å². The summed E-state index contributed by atoms with van der Waals surface area (Å²) < 4.78 is 0. The molecule has 2 saturated carbocycles. The third-order valence-corrected chi connectivity index (χ3v) is 5.27. The molecule has 2 bridgehead atoms. The van der Waals surface area contributed by atoms with Crippen molar-refractivity contribution in [2.75, 3.05) is 11.9 Å². The number of nitrogens with one attached hydrogen (secondary N) is 1. The van der Waals surface area contributed by atoms with E-state index in [1.807, 2.05) is 30.3 Å². The SMILES string of the molecule is N#Cc1cc(NCC2CC3CCC2C3)nc2ccccc12. The molecule has 0 amide bonds. The predicted molar refractivity (Wildman–Crippen MR) is 83.9 cm³/mol. The van der Waals surface area contributed by atoms with Crippen LogP contribution in [0.2, 0.25) is 0 Å². The summed E-state index contributed by atoms with van der Waals surface area (Å²) in [5.41, 5.74) is 1.60. The molecule has 3 heteroatoms. The maximum atomic E-state index is 9.32. The maximum Gasteiger partial charge on any atom is 0.127 e. The summed E-state index contributed by atoms with van der Waals surface area (Å²) in [6.45, 7) is 0.997. The van der Waals surface area contributed by atoms with Gasteiger partial charge in [0.05, 0.1) is 17.1 Å². The average Bonchev–Trinajstić information content (AvgIpc) is 3.15. The Morgan fingerprint density at radius 1 is 1.24 bits per heavy atom. The van der Waals surface area contributed by atoms with Gasteiger partial charge in [-0.1, -0.05) is 24.6 Å². The van der Waals surface area contributed by atoms with Gasteiger partial charge in [-0.05, 0) is 49.1 Å². The van der Waals surface area contributed by atoms with Crippen molar-refractivity contribution in [1.29, 1.82) is 5.26 Å². The zero-order chi connectivity index (χ0) is 14.2. The summed E-state index contributed by atoms with van der Waals surface area (Å²) >= 11 is 0. The number of nitrogens with zero attached hydrogens (tertiary/aromatic N) is 2. The molecule has 2 fully saturated rings. The molecule has 0 saturated heterocycles. The first-order valence-electron chi connectivity index (χ1n) is 7.87. The molecule has 1 N–H and O–H groups in total. The Morgan fingerprint density at radius 3 is 2.90 bits per heavy atom. The van der Waals surface area contributed by atoms with E-state index in [9.17, 15) is 5.26 Å². The fraction of sp³-hybridized carbons (Fsp3) is 0.444. The highest BCUT2D eigenvalue weighted by molar-refractivity contribution is 5.86. The molecule has 3 atom stereocenters. The molecule has 1 aromatic heterocycles. The number of pyridine rings is 1. The van der Waals surface area contributed by atoms with Crippen LogP contribution in [-0.4, -0.2) is 11.5 Å². The smallest absolute Gasteiger partial charge is 0.127 e. The molecule has 2 aliphatic rings. The molecular formula is C18H19N3. The Morgan fingerprint density at radius 2 is 2.14 bits per heavy atom. The van der Waals surface area contributed by atoms with E-state index in [-0.39, 0.29) is 0 Å². The van der Waals surface area contributed by atoms with Crippen LogP contribution in [0.4, 0.5) is 5.82 Å². The number of para-hydroxylation sites is 1. The molecule has 1 heterocycles. The lowest BCUT2D eigenvalue weighted by Gasteiger charge is -2.22. The minimum atomic E-state index is 0.705. The third kappa shape index (κ3) is 2.25. The summed E-state index contributed by atoms with van der Waals surface area (Å²) in [5.74, 6) is 3.52. The molecule has 1 aromatic carbocycles. The molecule has 3 unspecified atom stereocenters. The summed E-state index contributed by atoms with van der Waals surface area (Å²) in [6, 6.07) is 12.0. The van der Waals surface area contributed by atoms with E-state index in [4.69, 9.17) is 0 Å². The van der Waals surface area contributed by atoms with Gasteiger partial charge < -0.3 is 5.32 Å². The molecule has 4 rings (SSSR count). The number of aromatic nitrogens is 1. The molecule has 106 valence electrons. The second kappa shape index (κ2) is 5.04. The van der Waals surface area contributed by atoms with Crippen LogP contribution in [0.15, 0.2) is 30.3 Å². The number of rotatable bonds is 3. The van der Waals surface area contributed by atoms with E-state index in [1.54, 1.807) is 0 Å². The summed E-state index contributed by atoms with van der Waals surface area (Å²) in [7, 11) is 0. The van der Waals surface area contributed by atoms with Crippen LogP contribution >= 0.6 is 0 Å². The number of nitriles is 1. The zero-order valence-electron chi connectivity index (χ0n) is 12.0. The molecule has 3 nitrogen and oxygen atoms in total. The molecule has 2 aliphatic carbocycles. The van der Waals surface area contributed by atoms with Gasteiger partial charge in [-0.2, -0.15) is 5.26 Å². The number of hydrogen-bond acceptors (Lipinski definition) is 3. The lowest BCUT2D eigenvalue weighted by Crippen LogP contribution is -2.20. The Labute approximate surface area is 125 Å². The monoisotopic (exact) mass is 277 g/mol. The van der Waals surface area contributed by atoms with E-state index in [2.05, 4.69) is 16.4 Å². The molecule has 0 radical (unpaired) electrons. The molecular weight excluding hydrogens is 258 g/mol. The lowest BCUT2D eigenvalue weighted by molar-refractivity contribution is 0.348. The molecule has 0 aliphatic heterocycles. The van der Waals surface area contributed by atoms with Crippen molar-refractivity contribution < 1.29 is 0 Å². The fourth-order valence-electron chi connectivity index (χ4n) is 4.22. The van der Waals surface area contributed by atoms with Crippen molar-refractivity contribution in [3.8, 4) is 6.07 Å². The first kappa shape index (κ1) is 12.6. The van der Waals surface area contributed by atoms with Crippen LogP contribution in [0.25, 0.3) is 10.9 Å². The van der Waals surface area contributed by atoms with Gasteiger partial charge in [0, 0.05) is 11.9 Å². The first-order chi connectivity index (χ1) is 10.3. The number of fused-ring (bicyclic) bond motifs is 3. The van der Waals surface area contributed by atoms with E-state index >= 15 is 0 Å². The van der Waals surface area contributed by atoms with Crippen LogP contribution in [0.1, 0.15) is 31.2 Å². The largest absolute Gasteiger partial charge is 0.370 e. The summed E-state index contributed by atoms with van der Waals surface area (Å²) in [6.07, 6.45) is 5.65. The van der Waals surface area contributed by atoms with Gasteiger partial charge in [-0.25, -0.2) is 4.98 Å². The standard InChI is InChI=1S/C18H19N3/c19-10-14-9-18(21-17-4-2-1-3-16(14)17)20-11-15-8-12-5-6-13(15)7-12/h1-4,9,12-13,15H,5-8,11H2,(H,20,21). The normalized spacial score (nSPS) is 26.9. The van der Waals surface area contributed by atoms with Gasteiger partial charge in [0.1, 0.15) is 5.82 Å². The second-order valence-corrected chi connectivity index (χ2v) is 6.50. The minimum Gasteiger partial charge on any atom is -0.370 e. The van der Waals surface area contributed by atoms with Crippen molar-refractivity contribution in [3.05, 3.63) is 35.9 Å². The predicted octanol–water partition coefficient (Wildman–Crippen LogP) is 3.95. The van der Waals surface area contributed by atoms with Gasteiger partial charge in [0.25, 0.3) is 0 Å². The van der Waals surface area contributed by atoms with Gasteiger partial charge >= 0.3 is 0 Å². The Hall–Kier alpha value is -2.08. The minimum absolute atomic E-state index is 0.705. The van der Waals surface area contributed by atoms with Crippen LogP contribution in [0.5, 0.6) is 0 Å². The highest BCUT2D eigenvalue weighted by Gasteiger charge is 2.39. The number of anilines is 1. The maximum absolute atomic E-state index is 9.32. The topological polar surface area (TPSA) is 48.7 Å². The number of benzene rings is 1. The summed E-state index contributed by atoms with van der Waals surface area (Å²) in [4.78, 5) is 4.64. The van der Waals surface area contributed by atoms with E-state index in [0.29, 0.717) is 5.56 Å². The van der Waals surface area contributed by atoms with Crippen molar-refractivity contribution in [2.45, 2.75) is 25.7 Å². The average molecular weight is 277 g/mol. The third-order valence-electron chi connectivity index (χ3n) is 5.27. The summed E-state index contributed by atoms with van der Waals surface area (Å²) in [5, 5.41) is 13.7. The van der Waals surface area contributed by atoms with E-state index in [0.717, 1.165) is 41.0 Å².